The smallest absolute Gasteiger partial charge is 0.357 e. The number of nitro benzene ring substituents is 1. The third kappa shape index (κ3) is 4.99. The van der Waals surface area contributed by atoms with Gasteiger partial charge in [0, 0.05) is 29.7 Å². The van der Waals surface area contributed by atoms with Crippen molar-refractivity contribution in [1.29, 1.82) is 0 Å². The number of ether oxygens (including phenoxy) is 2. The third-order valence-corrected chi connectivity index (χ3v) is 5.94. The molecule has 0 aromatic heterocycles. The summed E-state index contributed by atoms with van der Waals surface area (Å²) in [6, 6.07) is 22.6. The highest BCUT2D eigenvalue weighted by molar-refractivity contribution is 5.97. The second-order valence-corrected chi connectivity index (χ2v) is 8.09. The van der Waals surface area contributed by atoms with Crippen LogP contribution in [0.1, 0.15) is 23.5 Å². The Balaban J connectivity index is 1.68. The zero-order valence-electron chi connectivity index (χ0n) is 19.5. The van der Waals surface area contributed by atoms with Crippen molar-refractivity contribution in [3.05, 3.63) is 106 Å². The summed E-state index contributed by atoms with van der Waals surface area (Å²) in [5.74, 6) is 6.39. The van der Waals surface area contributed by atoms with Gasteiger partial charge in [-0.25, -0.2) is 10.6 Å². The van der Waals surface area contributed by atoms with Gasteiger partial charge in [-0.3, -0.25) is 15.1 Å². The van der Waals surface area contributed by atoms with Crippen molar-refractivity contribution in [3.8, 4) is 11.5 Å². The van der Waals surface area contributed by atoms with Crippen LogP contribution in [0.4, 0.5) is 5.69 Å². The number of hydrogen-bond acceptors (Lipinski definition) is 9. The molecule has 3 aromatic rings. The number of aliphatic hydroxyl groups is 1. The Morgan fingerprint density at radius 3 is 2.36 bits per heavy atom. The molecule has 36 heavy (non-hydrogen) atoms. The van der Waals surface area contributed by atoms with E-state index in [9.17, 15) is 20.0 Å². The van der Waals surface area contributed by atoms with E-state index >= 15 is 0 Å². The maximum Gasteiger partial charge on any atom is 0.357 e. The van der Waals surface area contributed by atoms with Crippen LogP contribution in [0.2, 0.25) is 0 Å². The van der Waals surface area contributed by atoms with E-state index < -0.39 is 23.0 Å². The van der Waals surface area contributed by atoms with Crippen LogP contribution in [0.15, 0.2) is 84.6 Å². The Labute approximate surface area is 207 Å². The second kappa shape index (κ2) is 10.9. The van der Waals surface area contributed by atoms with E-state index in [1.807, 2.05) is 30.3 Å². The van der Waals surface area contributed by atoms with Crippen molar-refractivity contribution in [2.45, 2.75) is 18.5 Å². The van der Waals surface area contributed by atoms with Gasteiger partial charge in [0.1, 0.15) is 17.7 Å². The van der Waals surface area contributed by atoms with Gasteiger partial charge in [-0.1, -0.05) is 36.4 Å². The molecule has 186 valence electrons. The minimum absolute atomic E-state index is 0.0701. The summed E-state index contributed by atoms with van der Waals surface area (Å²) in [7, 11) is 1.25. The van der Waals surface area contributed by atoms with Crippen LogP contribution in [-0.2, 0) is 9.53 Å². The van der Waals surface area contributed by atoms with Gasteiger partial charge in [-0.15, -0.1) is 0 Å². The van der Waals surface area contributed by atoms with Crippen LogP contribution in [0.3, 0.4) is 0 Å². The number of benzene rings is 3. The standard InChI is InChI=1S/C26H26N4O6/c1-35-26(32)24-23(17-11-13-19(14-12-17)36-18-7-3-2-4-8-18)28-25(29(24)27)21(15-16-31)20-9-5-6-10-22(20)30(33)34/h2-14,21,25,28,31H,15-16,27H2,1H3. The van der Waals surface area contributed by atoms with Gasteiger partial charge in [-0.2, -0.15) is 0 Å². The van der Waals surface area contributed by atoms with E-state index in [0.29, 0.717) is 28.3 Å². The monoisotopic (exact) mass is 490 g/mol. The molecule has 2 unspecified atom stereocenters. The Hall–Kier alpha value is -4.41. The van der Waals surface area contributed by atoms with Crippen LogP contribution in [0, 0.1) is 10.1 Å². The first kappa shape index (κ1) is 24.7. The third-order valence-electron chi connectivity index (χ3n) is 5.94. The molecule has 0 radical (unpaired) electrons. The highest BCUT2D eigenvalue weighted by atomic mass is 16.6. The van der Waals surface area contributed by atoms with Gasteiger partial charge in [0.05, 0.1) is 17.7 Å². The molecule has 1 aliphatic heterocycles. The van der Waals surface area contributed by atoms with E-state index in [0.717, 1.165) is 0 Å². The first-order chi connectivity index (χ1) is 17.4. The van der Waals surface area contributed by atoms with Crippen molar-refractivity contribution in [2.75, 3.05) is 13.7 Å². The van der Waals surface area contributed by atoms with Gasteiger partial charge in [-0.05, 0) is 42.8 Å². The summed E-state index contributed by atoms with van der Waals surface area (Å²) in [6.07, 6.45) is -0.593. The fraction of sp³-hybridized carbons (Fsp3) is 0.192. The molecule has 0 bridgehead atoms. The number of methoxy groups -OCH3 is 1. The lowest BCUT2D eigenvalue weighted by Crippen LogP contribution is -2.47. The highest BCUT2D eigenvalue weighted by Crippen LogP contribution is 2.38. The molecule has 10 heteroatoms. The van der Waals surface area contributed by atoms with E-state index in [-0.39, 0.29) is 24.4 Å². The molecular weight excluding hydrogens is 464 g/mol. The molecule has 4 N–H and O–H groups in total. The quantitative estimate of drug-likeness (QED) is 0.178. The maximum atomic E-state index is 12.7. The molecule has 0 saturated carbocycles. The molecule has 2 atom stereocenters. The molecule has 0 amide bonds. The number of para-hydroxylation sites is 2. The van der Waals surface area contributed by atoms with Crippen LogP contribution in [0.25, 0.3) is 5.70 Å². The average molecular weight is 491 g/mol. The van der Waals surface area contributed by atoms with Crippen molar-refractivity contribution in [3.63, 3.8) is 0 Å². The number of nitrogens with one attached hydrogen (secondary N) is 1. The number of carbonyl (C=O) groups excluding carboxylic acids is 1. The predicted octanol–water partition coefficient (Wildman–Crippen LogP) is 3.50. The Bertz CT molecular complexity index is 1260. The first-order valence-electron chi connectivity index (χ1n) is 11.2. The lowest BCUT2D eigenvalue weighted by atomic mass is 9.91. The zero-order chi connectivity index (χ0) is 25.7. The largest absolute Gasteiger partial charge is 0.464 e. The van der Waals surface area contributed by atoms with Crippen molar-refractivity contribution >= 4 is 17.4 Å². The summed E-state index contributed by atoms with van der Waals surface area (Å²) in [6.45, 7) is -0.239. The van der Waals surface area contributed by atoms with Crippen molar-refractivity contribution in [2.24, 2.45) is 5.84 Å². The number of rotatable bonds is 9. The van der Waals surface area contributed by atoms with E-state index in [4.69, 9.17) is 15.3 Å². The molecule has 0 saturated heterocycles. The Morgan fingerprint density at radius 1 is 1.08 bits per heavy atom. The zero-order valence-corrected chi connectivity index (χ0v) is 19.5. The SMILES string of the molecule is COC(=O)C1=C(c2ccc(Oc3ccccc3)cc2)NC(C(CCO)c2ccccc2[N+](=O)[O-])N1N. The summed E-state index contributed by atoms with van der Waals surface area (Å²) < 4.78 is 10.8. The fourth-order valence-electron chi connectivity index (χ4n) is 4.28. The normalized spacial score (nSPS) is 15.9. The second-order valence-electron chi connectivity index (χ2n) is 8.09. The summed E-state index contributed by atoms with van der Waals surface area (Å²) in [5.41, 5.74) is 1.41. The van der Waals surface area contributed by atoms with Crippen molar-refractivity contribution < 1.29 is 24.3 Å². The minimum atomic E-state index is -0.761. The molecule has 0 spiro atoms. The Kier molecular flexibility index (Phi) is 7.47. The number of hydrogen-bond donors (Lipinski definition) is 3. The lowest BCUT2D eigenvalue weighted by Gasteiger charge is -2.30. The molecule has 1 heterocycles. The molecule has 4 rings (SSSR count). The number of carbonyl (C=O) groups is 1. The topological polar surface area (TPSA) is 140 Å². The molecule has 1 aliphatic rings. The molecule has 0 aliphatic carbocycles. The number of nitrogens with zero attached hydrogens (tertiary/aromatic N) is 2. The average Bonchev–Trinajstić information content (AvgIpc) is 3.24. The van der Waals surface area contributed by atoms with E-state index in [2.05, 4.69) is 5.32 Å². The van der Waals surface area contributed by atoms with E-state index in [1.165, 1.54) is 18.2 Å². The highest BCUT2D eigenvalue weighted by Gasteiger charge is 2.41. The van der Waals surface area contributed by atoms with Crippen LogP contribution in [-0.4, -0.2) is 40.9 Å². The predicted molar refractivity (Wildman–Crippen MR) is 132 cm³/mol. The van der Waals surface area contributed by atoms with Gasteiger partial charge in [0.15, 0.2) is 5.70 Å². The number of esters is 1. The number of nitrogens with two attached hydrogens (primary N) is 1. The summed E-state index contributed by atoms with van der Waals surface area (Å²) in [5, 5.41) is 25.9. The molecule has 0 fully saturated rings. The number of aliphatic hydroxyl groups excluding tert-OH is 1. The van der Waals surface area contributed by atoms with Crippen molar-refractivity contribution in [1.82, 2.24) is 10.3 Å². The van der Waals surface area contributed by atoms with Crippen LogP contribution in [0.5, 0.6) is 11.5 Å². The molecule has 3 aromatic carbocycles. The summed E-state index contributed by atoms with van der Waals surface area (Å²) >= 11 is 0. The van der Waals surface area contributed by atoms with Gasteiger partial charge in [0.2, 0.25) is 0 Å². The van der Waals surface area contributed by atoms with Gasteiger partial charge in [0.25, 0.3) is 5.69 Å². The summed E-state index contributed by atoms with van der Waals surface area (Å²) in [4.78, 5) is 23.9. The minimum Gasteiger partial charge on any atom is -0.464 e. The van der Waals surface area contributed by atoms with Crippen LogP contribution < -0.4 is 15.9 Å². The lowest BCUT2D eigenvalue weighted by molar-refractivity contribution is -0.385. The van der Waals surface area contributed by atoms with E-state index in [1.54, 1.807) is 42.5 Å². The van der Waals surface area contributed by atoms with Gasteiger partial charge < -0.3 is 19.9 Å². The van der Waals surface area contributed by atoms with Crippen LogP contribution >= 0.6 is 0 Å². The molecular formula is C26H26N4O6. The molecule has 10 nitrogen and oxygen atoms in total. The first-order valence-corrected chi connectivity index (χ1v) is 11.2. The number of nitro groups is 1. The van der Waals surface area contributed by atoms with Gasteiger partial charge >= 0.3 is 5.97 Å². The maximum absolute atomic E-state index is 12.7. The Morgan fingerprint density at radius 2 is 1.72 bits per heavy atom. The number of hydrazine groups is 1. The fourth-order valence-corrected chi connectivity index (χ4v) is 4.28.